The molecule has 1 aliphatic heterocycles. The van der Waals surface area contributed by atoms with Gasteiger partial charge in [-0.15, -0.1) is 0 Å². The van der Waals surface area contributed by atoms with E-state index in [1.165, 1.54) is 5.56 Å². The number of hydrogen-bond donors (Lipinski definition) is 1. The van der Waals surface area contributed by atoms with E-state index in [9.17, 15) is 0 Å². The highest BCUT2D eigenvalue weighted by molar-refractivity contribution is 9.10. The second-order valence-electron chi connectivity index (χ2n) is 4.73. The molecule has 1 unspecified atom stereocenters. The molecule has 1 aliphatic rings. The fraction of sp³-hybridized carbons (Fsp3) is 0.200. The number of halogens is 3. The Morgan fingerprint density at radius 2 is 1.95 bits per heavy atom. The number of rotatable bonds is 2. The van der Waals surface area contributed by atoms with Crippen molar-refractivity contribution < 1.29 is 4.74 Å². The van der Waals surface area contributed by atoms with Crippen molar-refractivity contribution >= 4 is 39.1 Å². The lowest BCUT2D eigenvalue weighted by Gasteiger charge is -2.18. The molecule has 0 bridgehead atoms. The fourth-order valence-corrected chi connectivity index (χ4v) is 3.39. The van der Waals surface area contributed by atoms with Crippen molar-refractivity contribution in [2.75, 3.05) is 6.61 Å². The third-order valence-corrected chi connectivity index (χ3v) is 4.44. The summed E-state index contributed by atoms with van der Waals surface area (Å²) in [7, 11) is 0. The van der Waals surface area contributed by atoms with Gasteiger partial charge in [0, 0.05) is 26.5 Å². The van der Waals surface area contributed by atoms with Gasteiger partial charge in [0.2, 0.25) is 0 Å². The van der Waals surface area contributed by atoms with Gasteiger partial charge in [0.1, 0.15) is 5.75 Å². The first-order valence-electron chi connectivity index (χ1n) is 6.22. The van der Waals surface area contributed by atoms with Crippen LogP contribution in [0.5, 0.6) is 5.75 Å². The van der Waals surface area contributed by atoms with Crippen LogP contribution in [0.1, 0.15) is 22.7 Å². The van der Waals surface area contributed by atoms with E-state index in [-0.39, 0.29) is 6.04 Å². The number of fused-ring (bicyclic) bond motifs is 1. The molecule has 2 aromatic rings. The summed E-state index contributed by atoms with van der Waals surface area (Å²) >= 11 is 15.8. The molecule has 0 radical (unpaired) electrons. The van der Waals surface area contributed by atoms with Crippen molar-refractivity contribution in [3.05, 3.63) is 61.5 Å². The molecule has 104 valence electrons. The molecule has 0 aromatic heterocycles. The van der Waals surface area contributed by atoms with E-state index in [2.05, 4.69) is 22.0 Å². The summed E-state index contributed by atoms with van der Waals surface area (Å²) in [5.74, 6) is 0.872. The highest BCUT2D eigenvalue weighted by Crippen LogP contribution is 2.39. The summed E-state index contributed by atoms with van der Waals surface area (Å²) in [6.07, 6.45) is 0.901. The Bertz CT molecular complexity index is 675. The van der Waals surface area contributed by atoms with Crippen molar-refractivity contribution in [1.29, 1.82) is 0 Å². The van der Waals surface area contributed by atoms with Crippen molar-refractivity contribution in [3.63, 3.8) is 0 Å². The molecule has 0 aliphatic carbocycles. The number of hydrogen-bond acceptors (Lipinski definition) is 2. The number of benzene rings is 2. The molecule has 0 fully saturated rings. The maximum absolute atomic E-state index is 6.38. The zero-order valence-corrected chi connectivity index (χ0v) is 13.6. The highest BCUT2D eigenvalue weighted by Gasteiger charge is 2.23. The Morgan fingerprint density at radius 1 is 1.15 bits per heavy atom. The van der Waals surface area contributed by atoms with Crippen LogP contribution in [-0.4, -0.2) is 6.61 Å². The monoisotopic (exact) mass is 371 g/mol. The zero-order valence-electron chi connectivity index (χ0n) is 10.5. The molecular weight excluding hydrogens is 361 g/mol. The molecule has 0 saturated heterocycles. The average Bonchev–Trinajstić information content (AvgIpc) is 2.87. The Hall–Kier alpha value is -0.740. The second-order valence-corrected chi connectivity index (χ2v) is 6.48. The quantitative estimate of drug-likeness (QED) is 0.826. The van der Waals surface area contributed by atoms with Crippen LogP contribution in [-0.2, 0) is 6.42 Å². The second kappa shape index (κ2) is 5.57. The molecule has 2 aromatic carbocycles. The number of nitrogens with two attached hydrogens (primary N) is 1. The Morgan fingerprint density at radius 3 is 2.75 bits per heavy atom. The normalized spacial score (nSPS) is 14.8. The van der Waals surface area contributed by atoms with E-state index in [1.54, 1.807) is 18.2 Å². The minimum Gasteiger partial charge on any atom is -0.493 e. The summed E-state index contributed by atoms with van der Waals surface area (Å²) in [6, 6.07) is 8.99. The molecule has 2 N–H and O–H groups in total. The van der Waals surface area contributed by atoms with Gasteiger partial charge in [0.25, 0.3) is 0 Å². The van der Waals surface area contributed by atoms with Gasteiger partial charge in [-0.05, 0) is 41.5 Å². The van der Waals surface area contributed by atoms with E-state index >= 15 is 0 Å². The van der Waals surface area contributed by atoms with Gasteiger partial charge in [-0.2, -0.15) is 0 Å². The Kier molecular flexibility index (Phi) is 3.95. The molecule has 0 spiro atoms. The van der Waals surface area contributed by atoms with Crippen molar-refractivity contribution in [3.8, 4) is 5.75 Å². The van der Waals surface area contributed by atoms with Crippen LogP contribution in [0.3, 0.4) is 0 Å². The van der Waals surface area contributed by atoms with Crippen LogP contribution in [0.25, 0.3) is 0 Å². The summed E-state index contributed by atoms with van der Waals surface area (Å²) in [5, 5.41) is 1.22. The van der Waals surface area contributed by atoms with Crippen molar-refractivity contribution in [2.45, 2.75) is 12.5 Å². The molecule has 0 amide bonds. The van der Waals surface area contributed by atoms with Gasteiger partial charge in [0.15, 0.2) is 0 Å². The molecular formula is C15H12BrCl2NO. The smallest absolute Gasteiger partial charge is 0.127 e. The van der Waals surface area contributed by atoms with Gasteiger partial charge in [-0.25, -0.2) is 0 Å². The first-order valence-corrected chi connectivity index (χ1v) is 7.77. The van der Waals surface area contributed by atoms with Crippen molar-refractivity contribution in [2.24, 2.45) is 5.73 Å². The van der Waals surface area contributed by atoms with Gasteiger partial charge < -0.3 is 10.5 Å². The molecule has 5 heteroatoms. The number of ether oxygens (including phenoxy) is 1. The van der Waals surface area contributed by atoms with E-state index < -0.39 is 0 Å². The molecule has 1 atom stereocenters. The lowest BCUT2D eigenvalue weighted by molar-refractivity contribution is 0.352. The van der Waals surface area contributed by atoms with E-state index in [0.717, 1.165) is 27.8 Å². The topological polar surface area (TPSA) is 35.2 Å². The lowest BCUT2D eigenvalue weighted by atomic mass is 9.96. The fourth-order valence-electron chi connectivity index (χ4n) is 2.45. The maximum Gasteiger partial charge on any atom is 0.127 e. The predicted octanol–water partition coefficient (Wildman–Crippen LogP) is 4.74. The first kappa shape index (κ1) is 14.2. The summed E-state index contributed by atoms with van der Waals surface area (Å²) in [5.41, 5.74) is 9.28. The maximum atomic E-state index is 6.38. The van der Waals surface area contributed by atoms with Crippen LogP contribution in [0.15, 0.2) is 34.8 Å². The average molecular weight is 373 g/mol. The largest absolute Gasteiger partial charge is 0.493 e. The molecule has 1 heterocycles. The van der Waals surface area contributed by atoms with Gasteiger partial charge in [-0.3, -0.25) is 0 Å². The van der Waals surface area contributed by atoms with Crippen molar-refractivity contribution in [1.82, 2.24) is 0 Å². The third-order valence-electron chi connectivity index (χ3n) is 3.41. The Labute approximate surface area is 136 Å². The van der Waals surface area contributed by atoms with Crippen LogP contribution in [0.2, 0.25) is 10.0 Å². The first-order chi connectivity index (χ1) is 9.56. The van der Waals surface area contributed by atoms with Crippen LogP contribution in [0, 0.1) is 0 Å². The summed E-state index contributed by atoms with van der Waals surface area (Å²) in [6.45, 7) is 0.689. The van der Waals surface area contributed by atoms with Gasteiger partial charge >= 0.3 is 0 Å². The molecule has 20 heavy (non-hydrogen) atoms. The lowest BCUT2D eigenvalue weighted by Crippen LogP contribution is -2.13. The van der Waals surface area contributed by atoms with Crippen LogP contribution in [0.4, 0.5) is 0 Å². The molecule has 3 rings (SSSR count). The predicted molar refractivity (Wildman–Crippen MR) is 85.8 cm³/mol. The standard InChI is InChI=1S/C15H12BrCl2NO/c16-9-5-8-3-4-20-15(8)12(6-9)14(19)11-7-10(17)1-2-13(11)18/h1-2,5-7,14H,3-4,19H2. The highest BCUT2D eigenvalue weighted by atomic mass is 79.9. The van der Waals surface area contributed by atoms with Gasteiger partial charge in [0.05, 0.1) is 12.6 Å². The third kappa shape index (κ3) is 2.56. The molecule has 2 nitrogen and oxygen atoms in total. The summed E-state index contributed by atoms with van der Waals surface area (Å²) in [4.78, 5) is 0. The minimum atomic E-state index is -0.370. The van der Waals surface area contributed by atoms with Crippen LogP contribution < -0.4 is 10.5 Å². The zero-order chi connectivity index (χ0) is 14.3. The van der Waals surface area contributed by atoms with E-state index in [0.29, 0.717) is 16.7 Å². The van der Waals surface area contributed by atoms with Gasteiger partial charge in [-0.1, -0.05) is 39.1 Å². The Balaban J connectivity index is 2.11. The van der Waals surface area contributed by atoms with E-state index in [4.69, 9.17) is 33.7 Å². The van der Waals surface area contributed by atoms with E-state index in [1.807, 2.05) is 6.07 Å². The summed E-state index contributed by atoms with van der Waals surface area (Å²) < 4.78 is 6.71. The molecule has 0 saturated carbocycles. The van der Waals surface area contributed by atoms with Crippen LogP contribution >= 0.6 is 39.1 Å². The minimum absolute atomic E-state index is 0.370. The SMILES string of the molecule is NC(c1cc(Cl)ccc1Cl)c1cc(Br)cc2c1OCC2.